The number of nitro groups is 1. The maximum atomic E-state index is 11.8. The molecule has 1 N–H and O–H groups in total. The molecule has 1 aliphatic rings. The minimum Gasteiger partial charge on any atom is -0.383 e. The molecule has 2 rings (SSSR count). The number of anilines is 1. The lowest BCUT2D eigenvalue weighted by molar-refractivity contribution is -0.384. The van der Waals surface area contributed by atoms with Crippen LogP contribution in [0.1, 0.15) is 5.69 Å². The third-order valence-corrected chi connectivity index (χ3v) is 4.01. The second kappa shape index (κ2) is 8.06. The number of aryl methyl sites for hydroxylation is 2. The third-order valence-electron chi connectivity index (χ3n) is 4.01. The first kappa shape index (κ1) is 18.1. The second-order valence-electron chi connectivity index (χ2n) is 5.74. The quantitative estimate of drug-likeness (QED) is 0.406. The van der Waals surface area contributed by atoms with Crippen molar-refractivity contribution in [2.24, 2.45) is 7.05 Å². The minimum atomic E-state index is -0.382. The van der Waals surface area contributed by atoms with Crippen molar-refractivity contribution in [3.63, 3.8) is 0 Å². The minimum absolute atomic E-state index is 0.0390. The van der Waals surface area contributed by atoms with E-state index < -0.39 is 0 Å². The fourth-order valence-corrected chi connectivity index (χ4v) is 2.87. The molecule has 1 aromatic heterocycles. The average molecular weight is 340 g/mol. The number of aromatic nitrogens is 2. The number of carbonyl (C=O) groups excluding carboxylic acids is 1. The van der Waals surface area contributed by atoms with Crippen LogP contribution >= 0.6 is 0 Å². The summed E-state index contributed by atoms with van der Waals surface area (Å²) in [6.45, 7) is 5.51. The molecule has 134 valence electrons. The Balaban J connectivity index is 1.92. The molecule has 1 aromatic rings. The molecule has 0 unspecified atom stereocenters. The van der Waals surface area contributed by atoms with Crippen molar-refractivity contribution in [2.45, 2.75) is 6.92 Å². The molecule has 0 aromatic carbocycles. The molecule has 1 aliphatic heterocycles. The van der Waals surface area contributed by atoms with Crippen molar-refractivity contribution in [1.82, 2.24) is 20.0 Å². The molecular weight excluding hydrogens is 316 g/mol. The van der Waals surface area contributed by atoms with Gasteiger partial charge in [0.05, 0.1) is 18.1 Å². The molecule has 1 amide bonds. The lowest BCUT2D eigenvalue weighted by Gasteiger charge is -2.34. The highest BCUT2D eigenvalue weighted by molar-refractivity contribution is 5.78. The third kappa shape index (κ3) is 4.20. The van der Waals surface area contributed by atoms with Gasteiger partial charge in [-0.25, -0.2) is 4.68 Å². The van der Waals surface area contributed by atoms with E-state index in [0.717, 1.165) is 0 Å². The van der Waals surface area contributed by atoms with Crippen LogP contribution in [0, 0.1) is 17.0 Å². The summed E-state index contributed by atoms with van der Waals surface area (Å²) in [5.41, 5.74) is 0.473. The Labute approximate surface area is 140 Å². The summed E-state index contributed by atoms with van der Waals surface area (Å²) in [5, 5.41) is 18.2. The first-order chi connectivity index (χ1) is 11.4. The molecule has 1 fully saturated rings. The van der Waals surface area contributed by atoms with Crippen molar-refractivity contribution in [1.29, 1.82) is 0 Å². The fraction of sp³-hybridized carbons (Fsp3) is 0.714. The van der Waals surface area contributed by atoms with E-state index in [2.05, 4.69) is 10.4 Å². The Morgan fingerprint density at radius 1 is 1.38 bits per heavy atom. The van der Waals surface area contributed by atoms with Crippen molar-refractivity contribution in [3.05, 3.63) is 15.8 Å². The Kier molecular flexibility index (Phi) is 6.10. The van der Waals surface area contributed by atoms with Crippen LogP contribution in [0.25, 0.3) is 0 Å². The molecule has 1 saturated heterocycles. The summed E-state index contributed by atoms with van der Waals surface area (Å²) < 4.78 is 6.45. The van der Waals surface area contributed by atoms with Crippen LogP contribution in [0.4, 0.5) is 11.5 Å². The molecule has 0 bridgehead atoms. The van der Waals surface area contributed by atoms with Crippen LogP contribution < -0.4 is 10.2 Å². The van der Waals surface area contributed by atoms with Crippen LogP contribution in [-0.4, -0.2) is 78.5 Å². The summed E-state index contributed by atoms with van der Waals surface area (Å²) in [6.07, 6.45) is 0. The van der Waals surface area contributed by atoms with Crippen LogP contribution in [0.5, 0.6) is 0 Å². The maximum absolute atomic E-state index is 11.8. The zero-order valence-electron chi connectivity index (χ0n) is 14.3. The molecule has 24 heavy (non-hydrogen) atoms. The Morgan fingerprint density at radius 2 is 2.04 bits per heavy atom. The lowest BCUT2D eigenvalue weighted by atomic mass is 10.3. The number of methoxy groups -OCH3 is 1. The number of rotatable bonds is 7. The van der Waals surface area contributed by atoms with E-state index in [1.807, 2.05) is 9.80 Å². The largest absolute Gasteiger partial charge is 0.383 e. The van der Waals surface area contributed by atoms with E-state index in [-0.39, 0.29) is 16.5 Å². The predicted molar refractivity (Wildman–Crippen MR) is 88.1 cm³/mol. The molecule has 0 aliphatic carbocycles. The first-order valence-electron chi connectivity index (χ1n) is 7.85. The van der Waals surface area contributed by atoms with Crippen molar-refractivity contribution >= 4 is 17.4 Å². The summed E-state index contributed by atoms with van der Waals surface area (Å²) in [5.74, 6) is 0.490. The number of carbonyl (C=O) groups is 1. The molecule has 0 spiro atoms. The number of nitrogens with zero attached hydrogens (tertiary/aromatic N) is 5. The van der Waals surface area contributed by atoms with Gasteiger partial charge >= 0.3 is 5.69 Å². The highest BCUT2D eigenvalue weighted by atomic mass is 16.6. The Bertz CT molecular complexity index is 594. The number of amides is 1. The molecule has 0 saturated carbocycles. The average Bonchev–Trinajstić information content (AvgIpc) is 2.83. The monoisotopic (exact) mass is 340 g/mol. The molecule has 10 heteroatoms. The van der Waals surface area contributed by atoms with Crippen molar-refractivity contribution in [2.75, 3.05) is 57.9 Å². The van der Waals surface area contributed by atoms with Crippen molar-refractivity contribution in [3.8, 4) is 0 Å². The highest BCUT2D eigenvalue weighted by Crippen LogP contribution is 2.31. The Morgan fingerprint density at radius 3 is 2.62 bits per heavy atom. The normalized spacial score (nSPS) is 15.5. The maximum Gasteiger partial charge on any atom is 0.333 e. The van der Waals surface area contributed by atoms with Gasteiger partial charge in [-0.3, -0.25) is 19.8 Å². The first-order valence-corrected chi connectivity index (χ1v) is 7.85. The number of hydrogen-bond acceptors (Lipinski definition) is 7. The summed E-state index contributed by atoms with van der Waals surface area (Å²) in [6, 6.07) is 0. The van der Waals surface area contributed by atoms with Crippen LogP contribution in [0.2, 0.25) is 0 Å². The molecular formula is C14H24N6O4. The van der Waals surface area contributed by atoms with E-state index in [1.54, 1.807) is 25.8 Å². The van der Waals surface area contributed by atoms with Crippen LogP contribution in [-0.2, 0) is 16.6 Å². The number of ether oxygens (including phenoxy) is 1. The lowest BCUT2D eigenvalue weighted by Crippen LogP contribution is -2.50. The van der Waals surface area contributed by atoms with Crippen LogP contribution in [0.3, 0.4) is 0 Å². The van der Waals surface area contributed by atoms with E-state index in [0.29, 0.717) is 57.4 Å². The molecule has 2 heterocycles. The van der Waals surface area contributed by atoms with Gasteiger partial charge in [0.2, 0.25) is 11.7 Å². The van der Waals surface area contributed by atoms with E-state index in [9.17, 15) is 14.9 Å². The summed E-state index contributed by atoms with van der Waals surface area (Å²) >= 11 is 0. The topological polar surface area (TPSA) is 106 Å². The second-order valence-corrected chi connectivity index (χ2v) is 5.74. The number of nitrogens with one attached hydrogen (secondary N) is 1. The molecule has 0 atom stereocenters. The van der Waals surface area contributed by atoms with Crippen LogP contribution in [0.15, 0.2) is 0 Å². The van der Waals surface area contributed by atoms with E-state index >= 15 is 0 Å². The standard InChI is InChI=1S/C14H24N6O4/c1-11-13(20(22)23)14(17(2)16-11)19-7-5-18(6-8-19)10-12(21)15-4-9-24-3/h4-10H2,1-3H3,(H,15,21). The molecule has 10 nitrogen and oxygen atoms in total. The van der Waals surface area contributed by atoms with Crippen molar-refractivity contribution < 1.29 is 14.5 Å². The van der Waals surface area contributed by atoms with Gasteiger partial charge in [-0.05, 0) is 6.92 Å². The van der Waals surface area contributed by atoms with E-state index in [1.165, 1.54) is 0 Å². The van der Waals surface area contributed by atoms with Gasteiger partial charge in [-0.15, -0.1) is 0 Å². The predicted octanol–water partition coefficient (Wildman–Crippen LogP) is -0.479. The van der Waals surface area contributed by atoms with Gasteiger partial charge in [0, 0.05) is 46.9 Å². The number of hydrogen-bond donors (Lipinski definition) is 1. The zero-order chi connectivity index (χ0) is 17.7. The van der Waals surface area contributed by atoms with Gasteiger partial charge in [0.15, 0.2) is 0 Å². The zero-order valence-corrected chi connectivity index (χ0v) is 14.3. The van der Waals surface area contributed by atoms with Gasteiger partial charge in [-0.1, -0.05) is 0 Å². The van der Waals surface area contributed by atoms with Gasteiger partial charge in [0.1, 0.15) is 5.69 Å². The van der Waals surface area contributed by atoms with Gasteiger partial charge in [0.25, 0.3) is 0 Å². The summed E-state index contributed by atoms with van der Waals surface area (Å²) in [7, 11) is 3.30. The highest BCUT2D eigenvalue weighted by Gasteiger charge is 2.30. The summed E-state index contributed by atoms with van der Waals surface area (Å²) in [4.78, 5) is 26.7. The smallest absolute Gasteiger partial charge is 0.333 e. The Hall–Kier alpha value is -2.20. The SMILES string of the molecule is COCCNC(=O)CN1CCN(c2c([N+](=O)[O-])c(C)nn2C)CC1. The van der Waals surface area contributed by atoms with E-state index in [4.69, 9.17) is 4.74 Å². The van der Waals surface area contributed by atoms with Gasteiger partial charge in [-0.2, -0.15) is 5.10 Å². The molecule has 0 radical (unpaired) electrons. The fourth-order valence-electron chi connectivity index (χ4n) is 2.87. The number of piperazine rings is 1. The van der Waals surface area contributed by atoms with Gasteiger partial charge < -0.3 is 15.0 Å².